The highest BCUT2D eigenvalue weighted by Crippen LogP contribution is 2.43. The molecular formula is C42H26N4S. The normalized spacial score (nSPS) is 11.4. The van der Waals surface area contributed by atoms with Crippen molar-refractivity contribution in [2.75, 3.05) is 0 Å². The van der Waals surface area contributed by atoms with Crippen LogP contribution in [-0.4, -0.2) is 19.9 Å². The van der Waals surface area contributed by atoms with Crippen LogP contribution in [0.1, 0.15) is 0 Å². The topological polar surface area (TPSA) is 51.6 Å². The lowest BCUT2D eigenvalue weighted by Crippen LogP contribution is -1.88. The number of thiazole rings is 1. The van der Waals surface area contributed by atoms with E-state index in [9.17, 15) is 0 Å². The number of aromatic nitrogens is 4. The van der Waals surface area contributed by atoms with Crippen molar-refractivity contribution in [1.82, 2.24) is 19.9 Å². The van der Waals surface area contributed by atoms with Crippen molar-refractivity contribution < 1.29 is 0 Å². The van der Waals surface area contributed by atoms with Gasteiger partial charge in [-0.15, -0.1) is 11.3 Å². The lowest BCUT2D eigenvalue weighted by atomic mass is 9.94. The molecule has 0 radical (unpaired) electrons. The first-order valence-corrected chi connectivity index (χ1v) is 16.3. The summed E-state index contributed by atoms with van der Waals surface area (Å²) in [5, 5.41) is 4.42. The number of fused-ring (bicyclic) bond motifs is 3. The van der Waals surface area contributed by atoms with Crippen molar-refractivity contribution in [3.05, 3.63) is 158 Å². The minimum atomic E-state index is 0.980. The maximum absolute atomic E-state index is 5.25. The highest BCUT2D eigenvalue weighted by atomic mass is 32.1. The monoisotopic (exact) mass is 618 g/mol. The first-order chi connectivity index (χ1) is 23.3. The van der Waals surface area contributed by atoms with E-state index in [4.69, 9.17) is 4.98 Å². The molecule has 47 heavy (non-hydrogen) atoms. The number of hydrogen-bond acceptors (Lipinski definition) is 5. The van der Waals surface area contributed by atoms with Gasteiger partial charge in [0.1, 0.15) is 5.01 Å². The van der Waals surface area contributed by atoms with Gasteiger partial charge in [-0.05, 0) is 80.7 Å². The number of hydrogen-bond donors (Lipinski definition) is 0. The largest absolute Gasteiger partial charge is 0.264 e. The SMILES string of the molecule is c1cncc(-c2ccc(-c3ccc(-c4nc5cc(-c6cccc7cnccc67)cc(-c6ccnc7ccccc67)c5s4)cc3)cc2)c1. The third kappa shape index (κ3) is 4.94. The maximum Gasteiger partial charge on any atom is 0.124 e. The average Bonchev–Trinajstić information content (AvgIpc) is 3.59. The molecule has 0 N–H and O–H groups in total. The molecule has 4 heterocycles. The van der Waals surface area contributed by atoms with Crippen LogP contribution in [0.25, 0.3) is 87.0 Å². The van der Waals surface area contributed by atoms with E-state index in [2.05, 4.69) is 130 Å². The molecule has 0 amide bonds. The van der Waals surface area contributed by atoms with Gasteiger partial charge in [-0.3, -0.25) is 15.0 Å². The molecule has 0 aliphatic carbocycles. The first kappa shape index (κ1) is 27.3. The van der Waals surface area contributed by atoms with Crippen molar-refractivity contribution in [1.29, 1.82) is 0 Å². The molecular weight excluding hydrogens is 593 g/mol. The van der Waals surface area contributed by atoms with Gasteiger partial charge in [-0.25, -0.2) is 4.98 Å². The van der Waals surface area contributed by atoms with E-state index < -0.39 is 0 Å². The van der Waals surface area contributed by atoms with E-state index in [-0.39, 0.29) is 0 Å². The summed E-state index contributed by atoms with van der Waals surface area (Å²) in [7, 11) is 0. The number of para-hydroxylation sites is 1. The molecule has 0 spiro atoms. The van der Waals surface area contributed by atoms with E-state index in [0.717, 1.165) is 64.9 Å². The summed E-state index contributed by atoms with van der Waals surface area (Å²) in [4.78, 5) is 18.5. The molecule has 0 atom stereocenters. The maximum atomic E-state index is 5.25. The molecule has 5 heteroatoms. The summed E-state index contributed by atoms with van der Waals surface area (Å²) in [6.45, 7) is 0. The van der Waals surface area contributed by atoms with Gasteiger partial charge in [-0.1, -0.05) is 91.0 Å². The zero-order chi connectivity index (χ0) is 31.2. The highest BCUT2D eigenvalue weighted by Gasteiger charge is 2.17. The Balaban J connectivity index is 1.16. The molecule has 0 saturated heterocycles. The molecule has 9 rings (SSSR count). The van der Waals surface area contributed by atoms with Crippen LogP contribution < -0.4 is 0 Å². The molecule has 4 aromatic heterocycles. The fourth-order valence-electron chi connectivity index (χ4n) is 6.41. The van der Waals surface area contributed by atoms with Crippen molar-refractivity contribution in [3.63, 3.8) is 0 Å². The first-order valence-electron chi connectivity index (χ1n) is 15.5. The zero-order valence-corrected chi connectivity index (χ0v) is 26.0. The van der Waals surface area contributed by atoms with Crippen LogP contribution >= 0.6 is 11.3 Å². The van der Waals surface area contributed by atoms with Gasteiger partial charge in [0.15, 0.2) is 0 Å². The molecule has 0 saturated carbocycles. The molecule has 0 bridgehead atoms. The molecule has 4 nitrogen and oxygen atoms in total. The Morgan fingerprint density at radius 3 is 2.00 bits per heavy atom. The molecule has 220 valence electrons. The van der Waals surface area contributed by atoms with Crippen LogP contribution in [0.4, 0.5) is 0 Å². The number of pyridine rings is 3. The van der Waals surface area contributed by atoms with Crippen LogP contribution in [0.2, 0.25) is 0 Å². The minimum Gasteiger partial charge on any atom is -0.264 e. The van der Waals surface area contributed by atoms with Crippen LogP contribution in [0.15, 0.2) is 158 Å². The summed E-state index contributed by atoms with van der Waals surface area (Å²) in [5.74, 6) is 0. The Kier molecular flexibility index (Phi) is 6.61. The zero-order valence-electron chi connectivity index (χ0n) is 25.2. The van der Waals surface area contributed by atoms with E-state index in [0.29, 0.717) is 0 Å². The molecule has 9 aromatic rings. The number of rotatable bonds is 5. The third-order valence-corrected chi connectivity index (χ3v) is 9.92. The fraction of sp³-hybridized carbons (Fsp3) is 0. The van der Waals surface area contributed by atoms with E-state index in [1.54, 1.807) is 17.5 Å². The van der Waals surface area contributed by atoms with Crippen molar-refractivity contribution >= 4 is 43.2 Å². The van der Waals surface area contributed by atoms with Crippen molar-refractivity contribution in [2.45, 2.75) is 0 Å². The Morgan fingerprint density at radius 2 is 1.19 bits per heavy atom. The van der Waals surface area contributed by atoms with Gasteiger partial charge in [-0.2, -0.15) is 0 Å². The number of benzene rings is 5. The van der Waals surface area contributed by atoms with E-state index in [1.165, 1.54) is 22.1 Å². The van der Waals surface area contributed by atoms with Crippen LogP contribution in [0, 0.1) is 0 Å². The summed E-state index contributed by atoms with van der Waals surface area (Å²) >= 11 is 1.74. The fourth-order valence-corrected chi connectivity index (χ4v) is 7.49. The van der Waals surface area contributed by atoms with Gasteiger partial charge in [0.2, 0.25) is 0 Å². The Hall–Kier alpha value is -6.04. The number of nitrogens with zero attached hydrogens (tertiary/aromatic N) is 4. The quantitative estimate of drug-likeness (QED) is 0.193. The Labute approximate surface area is 275 Å². The van der Waals surface area contributed by atoms with Gasteiger partial charge in [0, 0.05) is 52.9 Å². The lowest BCUT2D eigenvalue weighted by molar-refractivity contribution is 1.33. The van der Waals surface area contributed by atoms with Crippen LogP contribution in [-0.2, 0) is 0 Å². The molecule has 0 aliphatic heterocycles. The molecule has 0 fully saturated rings. The van der Waals surface area contributed by atoms with Gasteiger partial charge in [0.25, 0.3) is 0 Å². The standard InChI is InChI=1S/C42H26N4S/c1-2-9-39-37(7-1)36(19-22-45-39)38-23-33(34-8-3-5-32-26-44-21-18-35(32)34)24-40-41(38)47-42(46-40)30-16-14-28(15-17-30)27-10-12-29(13-11-27)31-6-4-20-43-25-31/h1-26H. The van der Waals surface area contributed by atoms with Gasteiger partial charge in [0.05, 0.1) is 15.7 Å². The highest BCUT2D eigenvalue weighted by molar-refractivity contribution is 7.22. The predicted molar refractivity (Wildman–Crippen MR) is 195 cm³/mol. The second kappa shape index (κ2) is 11.4. The smallest absolute Gasteiger partial charge is 0.124 e. The van der Waals surface area contributed by atoms with E-state index in [1.807, 2.05) is 36.9 Å². The predicted octanol–water partition coefficient (Wildman–Crippen LogP) is 11.1. The van der Waals surface area contributed by atoms with E-state index >= 15 is 0 Å². The molecule has 0 aliphatic rings. The summed E-state index contributed by atoms with van der Waals surface area (Å²) in [6.07, 6.45) is 9.39. The Morgan fingerprint density at radius 1 is 0.426 bits per heavy atom. The van der Waals surface area contributed by atoms with Crippen molar-refractivity contribution in [3.8, 4) is 55.1 Å². The lowest BCUT2D eigenvalue weighted by Gasteiger charge is -2.12. The van der Waals surface area contributed by atoms with Crippen LogP contribution in [0.5, 0.6) is 0 Å². The second-order valence-corrected chi connectivity index (χ2v) is 12.6. The Bertz CT molecular complexity index is 2540. The summed E-state index contributed by atoms with van der Waals surface area (Å²) in [5.41, 5.74) is 12.3. The third-order valence-electron chi connectivity index (χ3n) is 8.77. The van der Waals surface area contributed by atoms with Gasteiger partial charge >= 0.3 is 0 Å². The van der Waals surface area contributed by atoms with Gasteiger partial charge < -0.3 is 0 Å². The average molecular weight is 619 g/mol. The minimum absolute atomic E-state index is 0.980. The molecule has 0 unspecified atom stereocenters. The summed E-state index contributed by atoms with van der Waals surface area (Å²) < 4.78 is 1.16. The second-order valence-electron chi connectivity index (χ2n) is 11.6. The summed E-state index contributed by atoms with van der Waals surface area (Å²) in [6, 6.07) is 45.0. The van der Waals surface area contributed by atoms with Crippen molar-refractivity contribution in [2.24, 2.45) is 0 Å². The molecule has 5 aromatic carbocycles. The van der Waals surface area contributed by atoms with Crippen LogP contribution in [0.3, 0.4) is 0 Å².